The molecule has 0 heterocycles. The summed E-state index contributed by atoms with van der Waals surface area (Å²) in [6.45, 7) is 3.68. The maximum atomic E-state index is 12.5. The molecule has 0 amide bonds. The predicted molar refractivity (Wildman–Crippen MR) is 201 cm³/mol. The van der Waals surface area contributed by atoms with Crippen LogP contribution in [0.4, 0.5) is 0 Å². The van der Waals surface area contributed by atoms with Gasteiger partial charge in [-0.05, 0) is 64.2 Å². The lowest BCUT2D eigenvalue weighted by molar-refractivity contribution is -0.161. The second kappa shape index (κ2) is 36.3. The zero-order valence-corrected chi connectivity index (χ0v) is 32.3. The molecule has 0 saturated carbocycles. The zero-order chi connectivity index (χ0) is 36.1. The molecule has 0 aliphatic rings. The lowest BCUT2D eigenvalue weighted by atomic mass is 10.1. The van der Waals surface area contributed by atoms with E-state index in [1.165, 1.54) is 83.5 Å². The van der Waals surface area contributed by atoms with Gasteiger partial charge in [0.05, 0.1) is 13.2 Å². The fourth-order valence-corrected chi connectivity index (χ4v) is 6.09. The molecule has 0 radical (unpaired) electrons. The normalized spacial score (nSPS) is 13.6. The van der Waals surface area contributed by atoms with Crippen molar-refractivity contribution in [3.05, 3.63) is 24.3 Å². The summed E-state index contributed by atoms with van der Waals surface area (Å²) in [5.41, 5.74) is 5.33. The second-order valence-corrected chi connectivity index (χ2v) is 14.6. The number of rotatable bonds is 37. The van der Waals surface area contributed by atoms with Crippen molar-refractivity contribution < 1.29 is 37.6 Å². The van der Waals surface area contributed by atoms with Crippen molar-refractivity contribution in [3.63, 3.8) is 0 Å². The molecule has 0 aliphatic carbocycles. The molecule has 9 nitrogen and oxygen atoms in total. The molecule has 0 aromatic heterocycles. The Morgan fingerprint density at radius 3 is 1.49 bits per heavy atom. The number of phosphoric ester groups is 1. The summed E-state index contributed by atoms with van der Waals surface area (Å²) in [6, 6.07) is 0. The minimum Gasteiger partial charge on any atom is -0.462 e. The number of carbonyl (C=O) groups is 2. The van der Waals surface area contributed by atoms with E-state index in [4.69, 9.17) is 24.3 Å². The van der Waals surface area contributed by atoms with Crippen LogP contribution in [0, 0.1) is 0 Å². The predicted octanol–water partition coefficient (Wildman–Crippen LogP) is 10.8. The smallest absolute Gasteiger partial charge is 0.462 e. The Labute approximate surface area is 300 Å². The van der Waals surface area contributed by atoms with Crippen molar-refractivity contribution in [2.75, 3.05) is 26.4 Å². The third kappa shape index (κ3) is 36.1. The summed E-state index contributed by atoms with van der Waals surface area (Å²) in [4.78, 5) is 34.7. The largest absolute Gasteiger partial charge is 0.472 e. The summed E-state index contributed by atoms with van der Waals surface area (Å²) >= 11 is 0. The van der Waals surface area contributed by atoms with Crippen LogP contribution in [0.1, 0.15) is 181 Å². The number of phosphoric acid groups is 1. The summed E-state index contributed by atoms with van der Waals surface area (Å²) in [7, 11) is -4.37. The standard InChI is InChI=1S/C39H74NO8P/c1-3-5-7-9-11-13-15-17-18-20-22-24-26-28-30-32-39(42)48-37(36-47-49(43,44)46-34-33-40)35-45-38(41)31-29-27-25-23-21-19-16-14-12-10-8-6-4-2/h14,16,20,22,37H,3-13,15,17-19,21,23-36,40H2,1-2H3,(H,43,44)/b16-14+,22-20+/t37-/m1/s1. The molecular formula is C39H74NO8P. The maximum absolute atomic E-state index is 12.5. The van der Waals surface area contributed by atoms with Crippen LogP contribution in [0.15, 0.2) is 24.3 Å². The van der Waals surface area contributed by atoms with Gasteiger partial charge in [-0.3, -0.25) is 18.6 Å². The summed E-state index contributed by atoms with van der Waals surface area (Å²) in [5.74, 6) is -0.856. The number of nitrogens with two attached hydrogens (primary N) is 1. The van der Waals surface area contributed by atoms with Crippen molar-refractivity contribution >= 4 is 19.8 Å². The van der Waals surface area contributed by atoms with Gasteiger partial charge < -0.3 is 20.1 Å². The molecule has 0 aromatic rings. The van der Waals surface area contributed by atoms with E-state index in [-0.39, 0.29) is 32.6 Å². The molecule has 2 atom stereocenters. The minimum atomic E-state index is -4.37. The Bertz CT molecular complexity index is 866. The van der Waals surface area contributed by atoms with Gasteiger partial charge in [-0.15, -0.1) is 0 Å². The van der Waals surface area contributed by atoms with Gasteiger partial charge in [-0.1, -0.05) is 128 Å². The first-order valence-electron chi connectivity index (χ1n) is 19.8. The van der Waals surface area contributed by atoms with Gasteiger partial charge in [-0.25, -0.2) is 4.57 Å². The number of esters is 2. The molecule has 288 valence electrons. The number of ether oxygens (including phenoxy) is 2. The fourth-order valence-electron chi connectivity index (χ4n) is 5.33. The van der Waals surface area contributed by atoms with Crippen molar-refractivity contribution in [3.8, 4) is 0 Å². The first-order chi connectivity index (χ1) is 23.8. The third-order valence-electron chi connectivity index (χ3n) is 8.31. The van der Waals surface area contributed by atoms with Crippen molar-refractivity contribution in [1.82, 2.24) is 0 Å². The molecular weight excluding hydrogens is 641 g/mol. The molecule has 0 bridgehead atoms. The van der Waals surface area contributed by atoms with Crippen LogP contribution < -0.4 is 5.73 Å². The highest BCUT2D eigenvalue weighted by Crippen LogP contribution is 2.43. The Morgan fingerprint density at radius 1 is 0.592 bits per heavy atom. The minimum absolute atomic E-state index is 0.0508. The Hall–Kier alpha value is -1.51. The van der Waals surface area contributed by atoms with E-state index >= 15 is 0 Å². The molecule has 10 heteroatoms. The van der Waals surface area contributed by atoms with Crippen molar-refractivity contribution in [2.45, 2.75) is 187 Å². The Morgan fingerprint density at radius 2 is 1.00 bits per heavy atom. The number of unbranched alkanes of at least 4 members (excludes halogenated alkanes) is 20. The highest BCUT2D eigenvalue weighted by Gasteiger charge is 2.25. The van der Waals surface area contributed by atoms with E-state index in [2.05, 4.69) is 38.2 Å². The summed E-state index contributed by atoms with van der Waals surface area (Å²) in [6.07, 6.45) is 36.3. The van der Waals surface area contributed by atoms with E-state index in [1.54, 1.807) is 0 Å². The lowest BCUT2D eigenvalue weighted by Gasteiger charge is -2.19. The SMILES string of the molecule is CCCCCC/C=C/CCCCCCCC(=O)OC[C@H](COP(=O)(O)OCCN)OC(=O)CCCCC/C=C/CCCCCCCCCC. The zero-order valence-electron chi connectivity index (χ0n) is 31.4. The van der Waals surface area contributed by atoms with Gasteiger partial charge in [0.1, 0.15) is 6.61 Å². The van der Waals surface area contributed by atoms with Gasteiger partial charge in [0, 0.05) is 19.4 Å². The van der Waals surface area contributed by atoms with Crippen LogP contribution in [0.25, 0.3) is 0 Å². The first kappa shape index (κ1) is 47.5. The Kier molecular flexibility index (Phi) is 35.2. The van der Waals surface area contributed by atoms with E-state index < -0.39 is 32.5 Å². The van der Waals surface area contributed by atoms with Gasteiger partial charge in [-0.2, -0.15) is 0 Å². The van der Waals surface area contributed by atoms with Gasteiger partial charge in [0.25, 0.3) is 0 Å². The molecule has 3 N–H and O–H groups in total. The van der Waals surface area contributed by atoms with E-state index in [1.807, 2.05) is 0 Å². The van der Waals surface area contributed by atoms with Crippen LogP contribution >= 0.6 is 7.82 Å². The molecule has 0 spiro atoms. The second-order valence-electron chi connectivity index (χ2n) is 13.1. The van der Waals surface area contributed by atoms with Crippen LogP contribution in [0.2, 0.25) is 0 Å². The average molecular weight is 716 g/mol. The number of hydrogen-bond donors (Lipinski definition) is 2. The van der Waals surface area contributed by atoms with Crippen molar-refractivity contribution in [1.29, 1.82) is 0 Å². The van der Waals surface area contributed by atoms with Crippen LogP contribution in [-0.2, 0) is 32.7 Å². The lowest BCUT2D eigenvalue weighted by Crippen LogP contribution is -2.29. The number of allylic oxidation sites excluding steroid dienone is 4. The maximum Gasteiger partial charge on any atom is 0.472 e. The molecule has 0 rings (SSSR count). The third-order valence-corrected chi connectivity index (χ3v) is 9.29. The van der Waals surface area contributed by atoms with E-state index in [0.29, 0.717) is 6.42 Å². The molecule has 49 heavy (non-hydrogen) atoms. The Balaban J connectivity index is 4.24. The molecule has 0 saturated heterocycles. The monoisotopic (exact) mass is 716 g/mol. The van der Waals surface area contributed by atoms with Crippen LogP contribution in [-0.4, -0.2) is 49.3 Å². The van der Waals surface area contributed by atoms with E-state index in [9.17, 15) is 19.0 Å². The average Bonchev–Trinajstić information content (AvgIpc) is 3.08. The summed E-state index contributed by atoms with van der Waals surface area (Å²) < 4.78 is 32.6. The highest BCUT2D eigenvalue weighted by atomic mass is 31.2. The van der Waals surface area contributed by atoms with Crippen molar-refractivity contribution in [2.24, 2.45) is 5.73 Å². The highest BCUT2D eigenvalue weighted by molar-refractivity contribution is 7.47. The molecule has 0 aliphatic heterocycles. The van der Waals surface area contributed by atoms with Gasteiger partial charge in [0.2, 0.25) is 0 Å². The molecule has 0 aromatic carbocycles. The van der Waals surface area contributed by atoms with Gasteiger partial charge >= 0.3 is 19.8 Å². The first-order valence-corrected chi connectivity index (χ1v) is 21.3. The molecule has 1 unspecified atom stereocenters. The summed E-state index contributed by atoms with van der Waals surface area (Å²) in [5, 5.41) is 0. The molecule has 0 fully saturated rings. The van der Waals surface area contributed by atoms with Crippen LogP contribution in [0.5, 0.6) is 0 Å². The number of carbonyl (C=O) groups excluding carboxylic acids is 2. The quantitative estimate of drug-likeness (QED) is 0.0279. The topological polar surface area (TPSA) is 134 Å². The van der Waals surface area contributed by atoms with E-state index in [0.717, 1.165) is 64.2 Å². The fraction of sp³-hybridized carbons (Fsp3) is 0.846. The van der Waals surface area contributed by atoms with Crippen LogP contribution in [0.3, 0.4) is 0 Å². The van der Waals surface area contributed by atoms with Gasteiger partial charge in [0.15, 0.2) is 6.10 Å². The number of hydrogen-bond acceptors (Lipinski definition) is 8.